The number of carbonyl (C=O) groups is 2. The number of amides is 2. The molecular formula is C26H25Cl3N2O3S. The lowest BCUT2D eigenvalue weighted by molar-refractivity contribution is -0.134. The number of thiophene rings is 1. The first-order chi connectivity index (χ1) is 16.9. The molecule has 184 valence electrons. The highest BCUT2D eigenvalue weighted by atomic mass is 35.5. The molecule has 0 aliphatic carbocycles. The summed E-state index contributed by atoms with van der Waals surface area (Å²) in [7, 11) is 1.61. The number of halogens is 3. The van der Waals surface area contributed by atoms with Gasteiger partial charge in [-0.25, -0.2) is 0 Å². The quantitative estimate of drug-likeness (QED) is 0.306. The van der Waals surface area contributed by atoms with Crippen molar-refractivity contribution in [2.24, 2.45) is 0 Å². The molecule has 9 heteroatoms. The SMILES string of the molecule is COCCCN(CC(=O)N1CCc2sccc2C1c1ccc(Cl)cc1Cl)C(=O)c1ccccc1Cl. The van der Waals surface area contributed by atoms with Gasteiger partial charge in [0.2, 0.25) is 5.91 Å². The molecule has 0 fully saturated rings. The van der Waals surface area contributed by atoms with E-state index in [1.807, 2.05) is 22.4 Å². The number of hydrogen-bond donors (Lipinski definition) is 0. The van der Waals surface area contributed by atoms with Crippen LogP contribution in [0, 0.1) is 0 Å². The second kappa shape index (κ2) is 11.8. The number of nitrogens with zero attached hydrogens (tertiary/aromatic N) is 2. The molecule has 5 nitrogen and oxygen atoms in total. The minimum Gasteiger partial charge on any atom is -0.385 e. The van der Waals surface area contributed by atoms with Crippen LogP contribution in [0.3, 0.4) is 0 Å². The van der Waals surface area contributed by atoms with Crippen LogP contribution in [-0.4, -0.2) is 55.0 Å². The summed E-state index contributed by atoms with van der Waals surface area (Å²) in [6.07, 6.45) is 1.35. The first-order valence-corrected chi connectivity index (χ1v) is 13.3. The molecule has 3 aromatic rings. The average molecular weight is 552 g/mol. The number of methoxy groups -OCH3 is 1. The van der Waals surface area contributed by atoms with E-state index in [9.17, 15) is 9.59 Å². The van der Waals surface area contributed by atoms with Gasteiger partial charge in [0.25, 0.3) is 5.91 Å². The summed E-state index contributed by atoms with van der Waals surface area (Å²) in [6.45, 7) is 1.30. The third-order valence-corrected chi connectivity index (χ3v) is 7.93. The zero-order valence-corrected chi connectivity index (χ0v) is 22.3. The molecule has 35 heavy (non-hydrogen) atoms. The molecule has 2 heterocycles. The van der Waals surface area contributed by atoms with Gasteiger partial charge in [0.05, 0.1) is 16.6 Å². The maximum atomic E-state index is 13.8. The zero-order chi connectivity index (χ0) is 24.9. The molecule has 2 aromatic carbocycles. The van der Waals surface area contributed by atoms with Crippen LogP contribution >= 0.6 is 46.1 Å². The molecule has 1 aromatic heterocycles. The van der Waals surface area contributed by atoms with E-state index in [0.29, 0.717) is 46.7 Å². The molecule has 0 N–H and O–H groups in total. The van der Waals surface area contributed by atoms with E-state index >= 15 is 0 Å². The smallest absolute Gasteiger partial charge is 0.255 e. The van der Waals surface area contributed by atoms with E-state index < -0.39 is 0 Å². The fourth-order valence-corrected chi connectivity index (χ4v) is 5.99. The van der Waals surface area contributed by atoms with Gasteiger partial charge in [-0.1, -0.05) is 53.0 Å². The Morgan fingerprint density at radius 1 is 1.09 bits per heavy atom. The number of carbonyl (C=O) groups excluding carboxylic acids is 2. The van der Waals surface area contributed by atoms with Crippen molar-refractivity contribution in [3.8, 4) is 0 Å². The van der Waals surface area contributed by atoms with Crippen molar-refractivity contribution in [1.29, 1.82) is 0 Å². The topological polar surface area (TPSA) is 49.9 Å². The average Bonchev–Trinajstić information content (AvgIpc) is 3.32. The zero-order valence-electron chi connectivity index (χ0n) is 19.2. The summed E-state index contributed by atoms with van der Waals surface area (Å²) < 4.78 is 5.17. The van der Waals surface area contributed by atoms with Gasteiger partial charge in [-0.05, 0) is 59.7 Å². The summed E-state index contributed by atoms with van der Waals surface area (Å²) in [5.41, 5.74) is 2.24. The molecule has 4 rings (SSSR count). The predicted octanol–water partition coefficient (Wildman–Crippen LogP) is 6.36. The predicted molar refractivity (Wildman–Crippen MR) is 142 cm³/mol. The largest absolute Gasteiger partial charge is 0.385 e. The van der Waals surface area contributed by atoms with Crippen molar-refractivity contribution in [3.05, 3.63) is 90.5 Å². The minimum absolute atomic E-state index is 0.0745. The van der Waals surface area contributed by atoms with Crippen molar-refractivity contribution >= 4 is 58.0 Å². The summed E-state index contributed by atoms with van der Waals surface area (Å²) in [5, 5.41) is 3.43. The van der Waals surface area contributed by atoms with Crippen LogP contribution < -0.4 is 0 Å². The highest BCUT2D eigenvalue weighted by Crippen LogP contribution is 2.41. The fraction of sp³-hybridized carbons (Fsp3) is 0.308. The van der Waals surface area contributed by atoms with Crippen LogP contribution in [0.25, 0.3) is 0 Å². The first kappa shape index (κ1) is 26.0. The van der Waals surface area contributed by atoms with Gasteiger partial charge in [-0.3, -0.25) is 9.59 Å². The van der Waals surface area contributed by atoms with E-state index in [1.165, 1.54) is 4.88 Å². The molecule has 0 saturated heterocycles. The van der Waals surface area contributed by atoms with Crippen molar-refractivity contribution in [2.75, 3.05) is 33.4 Å². The Morgan fingerprint density at radius 3 is 2.63 bits per heavy atom. The monoisotopic (exact) mass is 550 g/mol. The molecule has 1 atom stereocenters. The first-order valence-electron chi connectivity index (χ1n) is 11.2. The summed E-state index contributed by atoms with van der Waals surface area (Å²) >= 11 is 20.7. The lowest BCUT2D eigenvalue weighted by atomic mass is 9.93. The van der Waals surface area contributed by atoms with Gasteiger partial charge < -0.3 is 14.5 Å². The number of rotatable bonds is 8. The molecule has 1 unspecified atom stereocenters. The minimum atomic E-state index is -0.349. The molecule has 1 aliphatic rings. The van der Waals surface area contributed by atoms with Gasteiger partial charge in [-0.15, -0.1) is 11.3 Å². The van der Waals surface area contributed by atoms with Crippen LogP contribution in [0.2, 0.25) is 15.1 Å². The Hall–Kier alpha value is -2.09. The van der Waals surface area contributed by atoms with E-state index in [4.69, 9.17) is 39.5 Å². The third-order valence-electron chi connectivity index (χ3n) is 6.04. The third kappa shape index (κ3) is 5.84. The lowest BCUT2D eigenvalue weighted by Gasteiger charge is -2.38. The number of fused-ring (bicyclic) bond motifs is 1. The highest BCUT2D eigenvalue weighted by Gasteiger charge is 2.35. The number of benzene rings is 2. The lowest BCUT2D eigenvalue weighted by Crippen LogP contribution is -2.47. The summed E-state index contributed by atoms with van der Waals surface area (Å²) in [5.74, 6) is -0.440. The second-order valence-electron chi connectivity index (χ2n) is 8.26. The van der Waals surface area contributed by atoms with E-state index in [0.717, 1.165) is 17.5 Å². The summed E-state index contributed by atoms with van der Waals surface area (Å²) in [4.78, 5) is 31.7. The Labute approximate surface area is 224 Å². The molecular weight excluding hydrogens is 527 g/mol. The molecule has 2 amide bonds. The molecule has 0 saturated carbocycles. The van der Waals surface area contributed by atoms with Crippen LogP contribution in [0.1, 0.15) is 38.8 Å². The van der Waals surface area contributed by atoms with E-state index in [2.05, 4.69) is 0 Å². The standard InChI is InChI=1S/C26H25Cl3N2O3S/c1-34-13-4-11-30(26(33)19-5-2-3-6-21(19)28)16-24(32)31-12-9-23-20(10-14-35-23)25(31)18-8-7-17(27)15-22(18)29/h2-3,5-8,10,14-15,25H,4,9,11-13,16H2,1H3. The Balaban J connectivity index is 1.64. The van der Waals surface area contributed by atoms with Crippen LogP contribution in [0.5, 0.6) is 0 Å². The van der Waals surface area contributed by atoms with E-state index in [-0.39, 0.29) is 24.4 Å². The van der Waals surface area contributed by atoms with Crippen LogP contribution in [0.4, 0.5) is 0 Å². The second-order valence-corrected chi connectivity index (χ2v) is 10.5. The van der Waals surface area contributed by atoms with Gasteiger partial charge in [0, 0.05) is 41.7 Å². The van der Waals surface area contributed by atoms with Gasteiger partial charge >= 0.3 is 0 Å². The molecule has 0 bridgehead atoms. The number of hydrogen-bond acceptors (Lipinski definition) is 4. The van der Waals surface area contributed by atoms with Crippen LogP contribution in [-0.2, 0) is 16.0 Å². The maximum absolute atomic E-state index is 13.8. The Morgan fingerprint density at radius 2 is 1.89 bits per heavy atom. The van der Waals surface area contributed by atoms with Crippen LogP contribution in [0.15, 0.2) is 53.9 Å². The van der Waals surface area contributed by atoms with Gasteiger partial charge in [-0.2, -0.15) is 0 Å². The van der Waals surface area contributed by atoms with Crippen molar-refractivity contribution in [1.82, 2.24) is 9.80 Å². The molecule has 0 radical (unpaired) electrons. The molecule has 0 spiro atoms. The summed E-state index contributed by atoms with van der Waals surface area (Å²) in [6, 6.07) is 13.9. The molecule has 1 aliphatic heterocycles. The van der Waals surface area contributed by atoms with Gasteiger partial charge in [0.1, 0.15) is 6.54 Å². The fourth-order valence-electron chi connectivity index (χ4n) is 4.35. The van der Waals surface area contributed by atoms with E-state index in [1.54, 1.807) is 59.7 Å². The normalized spacial score (nSPS) is 15.1. The Kier molecular flexibility index (Phi) is 8.73. The van der Waals surface area contributed by atoms with Crippen molar-refractivity contribution < 1.29 is 14.3 Å². The van der Waals surface area contributed by atoms with Gasteiger partial charge in [0.15, 0.2) is 0 Å². The Bertz CT molecular complexity index is 1220. The van der Waals surface area contributed by atoms with Crippen molar-refractivity contribution in [3.63, 3.8) is 0 Å². The number of ether oxygens (including phenoxy) is 1. The van der Waals surface area contributed by atoms with Crippen molar-refractivity contribution in [2.45, 2.75) is 18.9 Å². The highest BCUT2D eigenvalue weighted by molar-refractivity contribution is 7.10. The maximum Gasteiger partial charge on any atom is 0.255 e.